The van der Waals surface area contributed by atoms with Gasteiger partial charge in [0.05, 0.1) is 11.2 Å². The molecule has 1 aromatic heterocycles. The molecular weight excluding hydrogens is 367 g/mol. The maximum Gasteiger partial charge on any atom is 0.573 e. The van der Waals surface area contributed by atoms with Gasteiger partial charge in [0.2, 0.25) is 0 Å². The minimum Gasteiger partial charge on any atom is -0.406 e. The van der Waals surface area contributed by atoms with E-state index in [1.807, 2.05) is 0 Å². The molecule has 27 heavy (non-hydrogen) atoms. The van der Waals surface area contributed by atoms with Gasteiger partial charge in [0.15, 0.2) is 0 Å². The summed E-state index contributed by atoms with van der Waals surface area (Å²) in [6.07, 6.45) is -3.21. The minimum atomic E-state index is -4.78. The van der Waals surface area contributed by atoms with E-state index >= 15 is 0 Å². The average molecular weight is 382 g/mol. The van der Waals surface area contributed by atoms with Crippen molar-refractivity contribution in [2.45, 2.75) is 31.2 Å². The molecule has 0 spiro atoms. The van der Waals surface area contributed by atoms with Gasteiger partial charge < -0.3 is 15.5 Å². The van der Waals surface area contributed by atoms with Crippen LogP contribution in [0.15, 0.2) is 36.4 Å². The van der Waals surface area contributed by atoms with Crippen molar-refractivity contribution in [3.63, 3.8) is 0 Å². The molecule has 1 aliphatic rings. The number of fused-ring (bicyclic) bond motifs is 1. The summed E-state index contributed by atoms with van der Waals surface area (Å²) in [6, 6.07) is 7.13. The van der Waals surface area contributed by atoms with Crippen LogP contribution < -0.4 is 10.5 Å². The Labute approximate surface area is 150 Å². The van der Waals surface area contributed by atoms with Crippen LogP contribution in [-0.2, 0) is 0 Å². The summed E-state index contributed by atoms with van der Waals surface area (Å²) in [7, 11) is 0. The molecule has 2 atom stereocenters. The topological polar surface area (TPSA) is 51.0 Å². The van der Waals surface area contributed by atoms with Crippen LogP contribution in [0.3, 0.4) is 0 Å². The normalized spacial score (nSPS) is 19.9. The van der Waals surface area contributed by atoms with E-state index in [-0.39, 0.29) is 23.2 Å². The van der Waals surface area contributed by atoms with Gasteiger partial charge in [-0.2, -0.15) is 0 Å². The van der Waals surface area contributed by atoms with Crippen LogP contribution in [0, 0.1) is 11.6 Å². The lowest BCUT2D eigenvalue weighted by molar-refractivity contribution is -0.274. The minimum absolute atomic E-state index is 0.0824. The zero-order valence-electron chi connectivity index (χ0n) is 13.9. The molecule has 0 radical (unpaired) electrons. The van der Waals surface area contributed by atoms with Crippen molar-refractivity contribution in [1.82, 2.24) is 4.98 Å². The van der Waals surface area contributed by atoms with Crippen LogP contribution in [0.4, 0.5) is 22.0 Å². The summed E-state index contributed by atoms with van der Waals surface area (Å²) < 4.78 is 68.9. The molecule has 3 nitrogen and oxygen atoms in total. The van der Waals surface area contributed by atoms with Gasteiger partial charge in [0, 0.05) is 23.4 Å². The molecule has 4 rings (SSSR count). The second-order valence-electron chi connectivity index (χ2n) is 6.64. The molecule has 1 aliphatic carbocycles. The van der Waals surface area contributed by atoms with E-state index in [4.69, 9.17) is 5.73 Å². The van der Waals surface area contributed by atoms with Crippen molar-refractivity contribution in [3.8, 4) is 17.0 Å². The monoisotopic (exact) mass is 382 g/mol. The Hall–Kier alpha value is -2.61. The molecule has 142 valence electrons. The molecular formula is C19H15F5N2O. The molecule has 1 heterocycles. The SMILES string of the molecule is NC1CCC1c1c(-c2ccc(OC(F)(F)F)cc2)[nH]c2c(F)cc(F)cc12. The van der Waals surface area contributed by atoms with Crippen LogP contribution in [0.1, 0.15) is 24.3 Å². The van der Waals surface area contributed by atoms with Gasteiger partial charge in [-0.25, -0.2) is 8.78 Å². The molecule has 0 bridgehead atoms. The highest BCUT2D eigenvalue weighted by atomic mass is 19.4. The average Bonchev–Trinajstić information content (AvgIpc) is 2.92. The molecule has 1 saturated carbocycles. The molecule has 3 N–H and O–H groups in total. The molecule has 2 unspecified atom stereocenters. The fourth-order valence-electron chi connectivity index (χ4n) is 3.56. The molecule has 2 aromatic carbocycles. The number of aromatic amines is 1. The van der Waals surface area contributed by atoms with Gasteiger partial charge in [-0.15, -0.1) is 13.2 Å². The van der Waals surface area contributed by atoms with Gasteiger partial charge in [0.1, 0.15) is 17.4 Å². The predicted molar refractivity (Wildman–Crippen MR) is 90.3 cm³/mol. The van der Waals surface area contributed by atoms with Crippen LogP contribution in [0.5, 0.6) is 5.75 Å². The first-order valence-electron chi connectivity index (χ1n) is 8.35. The van der Waals surface area contributed by atoms with E-state index in [9.17, 15) is 22.0 Å². The van der Waals surface area contributed by atoms with E-state index in [2.05, 4.69) is 9.72 Å². The Bertz CT molecular complexity index is 994. The lowest BCUT2D eigenvalue weighted by atomic mass is 9.74. The van der Waals surface area contributed by atoms with Crippen molar-refractivity contribution < 1.29 is 26.7 Å². The Balaban J connectivity index is 1.83. The Morgan fingerprint density at radius 1 is 1.04 bits per heavy atom. The first-order valence-corrected chi connectivity index (χ1v) is 8.35. The van der Waals surface area contributed by atoms with Crippen molar-refractivity contribution in [2.24, 2.45) is 5.73 Å². The van der Waals surface area contributed by atoms with Crippen LogP contribution >= 0.6 is 0 Å². The predicted octanol–water partition coefficient (Wildman–Crippen LogP) is 5.22. The summed E-state index contributed by atoms with van der Waals surface area (Å²) >= 11 is 0. The largest absolute Gasteiger partial charge is 0.573 e. The second-order valence-corrected chi connectivity index (χ2v) is 6.64. The zero-order chi connectivity index (χ0) is 19.3. The third-order valence-corrected chi connectivity index (χ3v) is 4.94. The summed E-state index contributed by atoms with van der Waals surface area (Å²) in [5, 5.41) is 0.401. The first kappa shape index (κ1) is 17.8. The maximum atomic E-state index is 14.2. The van der Waals surface area contributed by atoms with Gasteiger partial charge in [-0.3, -0.25) is 0 Å². The summed E-state index contributed by atoms with van der Waals surface area (Å²) in [6.45, 7) is 0. The highest BCUT2D eigenvalue weighted by Gasteiger charge is 2.34. The summed E-state index contributed by atoms with van der Waals surface area (Å²) in [5.74, 6) is -1.88. The molecule has 0 aliphatic heterocycles. The second kappa shape index (κ2) is 6.23. The van der Waals surface area contributed by atoms with Crippen molar-refractivity contribution >= 4 is 10.9 Å². The fourth-order valence-corrected chi connectivity index (χ4v) is 3.56. The zero-order valence-corrected chi connectivity index (χ0v) is 13.9. The molecule has 1 fully saturated rings. The summed E-state index contributed by atoms with van der Waals surface area (Å²) in [5.41, 5.74) is 7.97. The summed E-state index contributed by atoms with van der Waals surface area (Å²) in [4.78, 5) is 2.95. The van der Waals surface area contributed by atoms with Crippen molar-refractivity contribution in [2.75, 3.05) is 0 Å². The number of nitrogens with two attached hydrogens (primary N) is 1. The standard InChI is InChI=1S/C19H15F5N2O/c20-10-7-13-16(12-5-6-15(12)25)17(26-18(13)14(21)8-10)9-1-3-11(4-2-9)27-19(22,23)24/h1-4,7-8,12,15,26H,5-6,25H2. The molecule has 8 heteroatoms. The number of nitrogens with one attached hydrogen (secondary N) is 1. The molecule has 0 amide bonds. The number of halogens is 5. The number of hydrogen-bond acceptors (Lipinski definition) is 2. The van der Waals surface area contributed by atoms with E-state index in [0.29, 0.717) is 22.2 Å². The van der Waals surface area contributed by atoms with E-state index in [1.54, 1.807) is 0 Å². The number of alkyl halides is 3. The van der Waals surface area contributed by atoms with E-state index in [0.717, 1.165) is 18.9 Å². The maximum absolute atomic E-state index is 14.2. The number of ether oxygens (including phenoxy) is 1. The number of hydrogen-bond donors (Lipinski definition) is 2. The quantitative estimate of drug-likeness (QED) is 0.611. The number of aromatic nitrogens is 1. The van der Waals surface area contributed by atoms with Crippen molar-refractivity contribution in [1.29, 1.82) is 0 Å². The Kier molecular flexibility index (Phi) is 4.10. The van der Waals surface area contributed by atoms with Gasteiger partial charge in [-0.1, -0.05) is 0 Å². The number of H-pyrrole nitrogens is 1. The van der Waals surface area contributed by atoms with E-state index < -0.39 is 18.0 Å². The Morgan fingerprint density at radius 3 is 2.30 bits per heavy atom. The van der Waals surface area contributed by atoms with Gasteiger partial charge in [-0.05, 0) is 54.3 Å². The van der Waals surface area contributed by atoms with E-state index in [1.165, 1.54) is 30.3 Å². The smallest absolute Gasteiger partial charge is 0.406 e. The number of benzene rings is 2. The highest BCUT2D eigenvalue weighted by Crippen LogP contribution is 2.45. The molecule has 3 aromatic rings. The van der Waals surface area contributed by atoms with Crippen LogP contribution in [-0.4, -0.2) is 17.4 Å². The number of rotatable bonds is 3. The lowest BCUT2D eigenvalue weighted by Crippen LogP contribution is -2.37. The first-order chi connectivity index (χ1) is 12.7. The Morgan fingerprint density at radius 2 is 1.74 bits per heavy atom. The third-order valence-electron chi connectivity index (χ3n) is 4.94. The fraction of sp³-hybridized carbons (Fsp3) is 0.263. The van der Waals surface area contributed by atoms with Gasteiger partial charge >= 0.3 is 6.36 Å². The highest BCUT2D eigenvalue weighted by molar-refractivity contribution is 5.92. The third kappa shape index (κ3) is 3.25. The van der Waals surface area contributed by atoms with Crippen molar-refractivity contribution in [3.05, 3.63) is 53.6 Å². The lowest BCUT2D eigenvalue weighted by Gasteiger charge is -2.34. The van der Waals surface area contributed by atoms with Gasteiger partial charge in [0.25, 0.3) is 0 Å². The molecule has 0 saturated heterocycles. The van der Waals surface area contributed by atoms with Crippen LogP contribution in [0.2, 0.25) is 0 Å². The van der Waals surface area contributed by atoms with Crippen LogP contribution in [0.25, 0.3) is 22.2 Å².